The van der Waals surface area contributed by atoms with Crippen LogP contribution in [0.25, 0.3) is 0 Å². The van der Waals surface area contributed by atoms with Gasteiger partial charge >= 0.3 is 0 Å². The monoisotopic (exact) mass is 381 g/mol. The van der Waals surface area contributed by atoms with Gasteiger partial charge in [0.15, 0.2) is 0 Å². The second-order valence-corrected chi connectivity index (χ2v) is 6.42. The maximum Gasteiger partial charge on any atom is 0.274 e. The zero-order chi connectivity index (χ0) is 19.2. The summed E-state index contributed by atoms with van der Waals surface area (Å²) in [4.78, 5) is 16.6. The highest BCUT2D eigenvalue weighted by molar-refractivity contribution is 6.32. The fourth-order valence-corrected chi connectivity index (χ4v) is 2.89. The maximum absolute atomic E-state index is 12.4. The summed E-state index contributed by atoms with van der Waals surface area (Å²) in [6, 6.07) is 18.8. The number of anilines is 2. The molecule has 0 fully saturated rings. The molecule has 27 heavy (non-hydrogen) atoms. The lowest BCUT2D eigenvalue weighted by atomic mass is 10.1. The summed E-state index contributed by atoms with van der Waals surface area (Å²) in [7, 11) is 1.54. The number of aromatic nitrogens is 1. The van der Waals surface area contributed by atoms with Gasteiger partial charge in [-0.3, -0.25) is 4.79 Å². The zero-order valence-electron chi connectivity index (χ0n) is 15.1. The van der Waals surface area contributed by atoms with Crippen LogP contribution in [-0.2, 0) is 0 Å². The molecule has 0 spiro atoms. The highest BCUT2D eigenvalue weighted by Crippen LogP contribution is 2.27. The molecule has 0 radical (unpaired) electrons. The molecule has 0 aliphatic carbocycles. The highest BCUT2D eigenvalue weighted by atomic mass is 35.5. The van der Waals surface area contributed by atoms with E-state index in [1.165, 1.54) is 12.7 Å². The fraction of sp³-hybridized carbons (Fsp3) is 0.143. The number of nitrogens with one attached hydrogen (secondary N) is 2. The number of methoxy groups -OCH3 is 1. The molecule has 1 aromatic heterocycles. The van der Waals surface area contributed by atoms with Crippen LogP contribution >= 0.6 is 11.6 Å². The van der Waals surface area contributed by atoms with Crippen LogP contribution in [0.15, 0.2) is 66.9 Å². The van der Waals surface area contributed by atoms with Crippen molar-refractivity contribution in [3.8, 4) is 5.75 Å². The Kier molecular flexibility index (Phi) is 5.94. The summed E-state index contributed by atoms with van der Waals surface area (Å²) < 4.78 is 5.10. The van der Waals surface area contributed by atoms with Gasteiger partial charge in [0.05, 0.1) is 24.0 Å². The van der Waals surface area contributed by atoms with Crippen molar-refractivity contribution in [2.75, 3.05) is 17.7 Å². The van der Waals surface area contributed by atoms with Gasteiger partial charge in [-0.05, 0) is 42.8 Å². The van der Waals surface area contributed by atoms with Gasteiger partial charge in [0.1, 0.15) is 11.4 Å². The largest absolute Gasteiger partial charge is 0.495 e. The van der Waals surface area contributed by atoms with E-state index in [0.29, 0.717) is 22.2 Å². The molecule has 1 unspecified atom stereocenters. The van der Waals surface area contributed by atoms with E-state index in [1.807, 2.05) is 24.3 Å². The molecule has 3 rings (SSSR count). The summed E-state index contributed by atoms with van der Waals surface area (Å²) in [5.74, 6) is 0.245. The Morgan fingerprint density at radius 1 is 1.07 bits per heavy atom. The third-order valence-electron chi connectivity index (χ3n) is 4.09. The van der Waals surface area contributed by atoms with Crippen LogP contribution in [0, 0.1) is 0 Å². The molecule has 1 amide bonds. The van der Waals surface area contributed by atoms with E-state index in [2.05, 4.69) is 34.7 Å². The molecule has 1 heterocycles. The van der Waals surface area contributed by atoms with Crippen molar-refractivity contribution in [2.45, 2.75) is 13.0 Å². The highest BCUT2D eigenvalue weighted by Gasteiger charge is 2.10. The van der Waals surface area contributed by atoms with Crippen molar-refractivity contribution >= 4 is 28.9 Å². The lowest BCUT2D eigenvalue weighted by Gasteiger charge is -2.15. The number of nitrogens with zero attached hydrogens (tertiary/aromatic N) is 1. The van der Waals surface area contributed by atoms with Crippen molar-refractivity contribution in [2.24, 2.45) is 0 Å². The molecular weight excluding hydrogens is 362 g/mol. The summed E-state index contributed by atoms with van der Waals surface area (Å²) in [5, 5.41) is 6.57. The Balaban J connectivity index is 1.64. The number of benzene rings is 2. The molecule has 3 aromatic rings. The van der Waals surface area contributed by atoms with Gasteiger partial charge < -0.3 is 15.4 Å². The van der Waals surface area contributed by atoms with Crippen LogP contribution in [0.3, 0.4) is 0 Å². The predicted octanol–water partition coefficient (Wildman–Crippen LogP) is 5.17. The Morgan fingerprint density at radius 2 is 1.81 bits per heavy atom. The van der Waals surface area contributed by atoms with Crippen molar-refractivity contribution in [1.29, 1.82) is 0 Å². The van der Waals surface area contributed by atoms with E-state index in [9.17, 15) is 4.79 Å². The Hall–Kier alpha value is -3.05. The van der Waals surface area contributed by atoms with Crippen LogP contribution in [0.1, 0.15) is 29.0 Å². The van der Waals surface area contributed by atoms with Crippen molar-refractivity contribution in [3.05, 3.63) is 83.1 Å². The van der Waals surface area contributed by atoms with E-state index in [0.717, 1.165) is 5.69 Å². The number of ether oxygens (including phenoxy) is 1. The third kappa shape index (κ3) is 4.77. The number of carbonyl (C=O) groups excluding carboxylic acids is 1. The van der Waals surface area contributed by atoms with Crippen LogP contribution in [0.2, 0.25) is 5.02 Å². The minimum absolute atomic E-state index is 0.133. The molecule has 2 N–H and O–H groups in total. The Morgan fingerprint density at radius 3 is 2.44 bits per heavy atom. The summed E-state index contributed by atoms with van der Waals surface area (Å²) in [6.07, 6.45) is 1.65. The van der Waals surface area contributed by atoms with Crippen LogP contribution < -0.4 is 15.4 Å². The molecular formula is C21H20ClN3O2. The predicted molar refractivity (Wildman–Crippen MR) is 109 cm³/mol. The SMILES string of the molecule is COc1ccc(NC(=O)c2ccc(NC(C)c3ccccc3)cn2)cc1Cl. The van der Waals surface area contributed by atoms with E-state index < -0.39 is 0 Å². The Bertz CT molecular complexity index is 914. The number of amides is 1. The first-order valence-electron chi connectivity index (χ1n) is 8.49. The first-order valence-corrected chi connectivity index (χ1v) is 8.87. The normalized spacial score (nSPS) is 11.5. The number of halogens is 1. The molecule has 5 nitrogen and oxygen atoms in total. The standard InChI is InChI=1S/C21H20ClN3O2/c1-14(15-6-4-3-5-7-15)24-17-8-10-19(23-13-17)21(26)25-16-9-11-20(27-2)18(22)12-16/h3-14,24H,1-2H3,(H,25,26). The first kappa shape index (κ1) is 18.7. The number of hydrogen-bond donors (Lipinski definition) is 2. The van der Waals surface area contributed by atoms with Gasteiger partial charge in [0.25, 0.3) is 5.91 Å². The first-order chi connectivity index (χ1) is 13.1. The smallest absolute Gasteiger partial charge is 0.274 e. The van der Waals surface area contributed by atoms with Gasteiger partial charge in [0.2, 0.25) is 0 Å². The summed E-state index contributed by atoms with van der Waals surface area (Å²) >= 11 is 6.08. The summed E-state index contributed by atoms with van der Waals surface area (Å²) in [6.45, 7) is 2.07. The van der Waals surface area contributed by atoms with Crippen LogP contribution in [-0.4, -0.2) is 18.0 Å². The molecule has 2 aromatic carbocycles. The third-order valence-corrected chi connectivity index (χ3v) is 4.38. The van der Waals surface area contributed by atoms with Gasteiger partial charge in [-0.2, -0.15) is 0 Å². The molecule has 0 aliphatic heterocycles. The number of rotatable bonds is 6. The molecule has 1 atom stereocenters. The van der Waals surface area contributed by atoms with Crippen molar-refractivity contribution < 1.29 is 9.53 Å². The van der Waals surface area contributed by atoms with E-state index in [1.54, 1.807) is 30.5 Å². The minimum Gasteiger partial charge on any atom is -0.495 e. The number of hydrogen-bond acceptors (Lipinski definition) is 4. The van der Waals surface area contributed by atoms with Crippen LogP contribution in [0.4, 0.5) is 11.4 Å². The average Bonchev–Trinajstić information content (AvgIpc) is 2.69. The number of carbonyl (C=O) groups is 1. The molecule has 0 saturated heterocycles. The van der Waals surface area contributed by atoms with E-state index in [4.69, 9.17) is 16.3 Å². The van der Waals surface area contributed by atoms with Gasteiger partial charge in [0, 0.05) is 11.7 Å². The number of pyridine rings is 1. The minimum atomic E-state index is -0.307. The molecule has 0 aliphatic rings. The zero-order valence-corrected chi connectivity index (χ0v) is 15.8. The molecule has 0 bridgehead atoms. The van der Waals surface area contributed by atoms with Crippen molar-refractivity contribution in [1.82, 2.24) is 4.98 Å². The van der Waals surface area contributed by atoms with Gasteiger partial charge in [-0.1, -0.05) is 41.9 Å². The quantitative estimate of drug-likeness (QED) is 0.618. The topological polar surface area (TPSA) is 63.2 Å². The Labute approximate surface area is 163 Å². The maximum atomic E-state index is 12.4. The van der Waals surface area contributed by atoms with Crippen molar-refractivity contribution in [3.63, 3.8) is 0 Å². The van der Waals surface area contributed by atoms with E-state index >= 15 is 0 Å². The lowest BCUT2D eigenvalue weighted by molar-refractivity contribution is 0.102. The fourth-order valence-electron chi connectivity index (χ4n) is 2.63. The molecule has 138 valence electrons. The molecule has 0 saturated carbocycles. The molecule has 6 heteroatoms. The van der Waals surface area contributed by atoms with Gasteiger partial charge in [-0.25, -0.2) is 4.98 Å². The summed E-state index contributed by atoms with van der Waals surface area (Å²) in [5.41, 5.74) is 2.92. The van der Waals surface area contributed by atoms with E-state index in [-0.39, 0.29) is 11.9 Å². The van der Waals surface area contributed by atoms with Gasteiger partial charge in [-0.15, -0.1) is 0 Å². The second-order valence-electron chi connectivity index (χ2n) is 6.01. The average molecular weight is 382 g/mol. The van der Waals surface area contributed by atoms with Crippen LogP contribution in [0.5, 0.6) is 5.75 Å². The lowest BCUT2D eigenvalue weighted by Crippen LogP contribution is -2.14. The second kappa shape index (κ2) is 8.56.